The van der Waals surface area contributed by atoms with Crippen molar-refractivity contribution in [3.63, 3.8) is 0 Å². The molecular weight excluding hydrogens is 276 g/mol. The molecule has 0 saturated heterocycles. The zero-order valence-electron chi connectivity index (χ0n) is 12.6. The molecule has 20 heavy (non-hydrogen) atoms. The molecule has 0 saturated carbocycles. The van der Waals surface area contributed by atoms with Gasteiger partial charge in [-0.1, -0.05) is 13.8 Å². The van der Waals surface area contributed by atoms with E-state index in [1.807, 2.05) is 13.8 Å². The van der Waals surface area contributed by atoms with E-state index in [0.717, 1.165) is 5.56 Å². The normalized spacial score (nSPS) is 12.8. The van der Waals surface area contributed by atoms with E-state index in [9.17, 15) is 9.00 Å². The maximum atomic E-state index is 11.8. The van der Waals surface area contributed by atoms with Crippen molar-refractivity contribution in [3.8, 4) is 0 Å². The van der Waals surface area contributed by atoms with E-state index in [1.54, 1.807) is 26.8 Å². The van der Waals surface area contributed by atoms with Crippen molar-refractivity contribution in [2.45, 2.75) is 51.7 Å². The number of nitrogens with one attached hydrogen (secondary N) is 1. The van der Waals surface area contributed by atoms with Crippen LogP contribution in [0, 0.1) is 0 Å². The molecular formula is C14H22N2O3S. The van der Waals surface area contributed by atoms with Gasteiger partial charge in [0.15, 0.2) is 0 Å². The lowest BCUT2D eigenvalue weighted by Crippen LogP contribution is -2.27. The van der Waals surface area contributed by atoms with Crippen LogP contribution in [0.5, 0.6) is 0 Å². The molecule has 0 aliphatic rings. The fourth-order valence-electron chi connectivity index (χ4n) is 1.57. The topological polar surface area (TPSA) is 68.3 Å². The Morgan fingerprint density at radius 2 is 2.05 bits per heavy atom. The van der Waals surface area contributed by atoms with Crippen molar-refractivity contribution in [2.24, 2.45) is 0 Å². The number of carbonyl (C=O) groups excluding carboxylic acids is 1. The number of anilines is 1. The van der Waals surface area contributed by atoms with E-state index < -0.39 is 22.5 Å². The van der Waals surface area contributed by atoms with E-state index in [4.69, 9.17) is 4.74 Å². The van der Waals surface area contributed by atoms with Gasteiger partial charge in [-0.15, -0.1) is 0 Å². The van der Waals surface area contributed by atoms with Gasteiger partial charge in [-0.3, -0.25) is 9.53 Å². The van der Waals surface area contributed by atoms with Crippen molar-refractivity contribution in [1.82, 2.24) is 4.98 Å². The molecule has 1 amide bonds. The molecule has 1 atom stereocenters. The molecule has 1 aromatic heterocycles. The summed E-state index contributed by atoms with van der Waals surface area (Å²) in [6.45, 7) is 9.22. The Hall–Kier alpha value is -1.43. The number of pyridine rings is 1. The number of nitrogens with zero attached hydrogens (tertiary/aromatic N) is 1. The minimum Gasteiger partial charge on any atom is -0.444 e. The first-order valence-electron chi connectivity index (χ1n) is 6.64. The van der Waals surface area contributed by atoms with Crippen molar-refractivity contribution in [2.75, 3.05) is 11.1 Å². The highest BCUT2D eigenvalue weighted by Crippen LogP contribution is 2.19. The second kappa shape index (κ2) is 6.83. The molecule has 6 heteroatoms. The number of aryl methyl sites for hydroxylation is 1. The van der Waals surface area contributed by atoms with Crippen LogP contribution in [-0.2, 0) is 22.0 Å². The van der Waals surface area contributed by atoms with Gasteiger partial charge in [0.05, 0.1) is 22.7 Å². The number of ether oxygens (including phenoxy) is 1. The van der Waals surface area contributed by atoms with Gasteiger partial charge in [-0.2, -0.15) is 0 Å². The summed E-state index contributed by atoms with van der Waals surface area (Å²) in [7, 11) is -1.09. The summed E-state index contributed by atoms with van der Waals surface area (Å²) in [5.74, 6) is 0.523. The Balaban J connectivity index is 2.91. The average molecular weight is 298 g/mol. The molecule has 0 aliphatic heterocycles. The van der Waals surface area contributed by atoms with Gasteiger partial charge < -0.3 is 4.74 Å². The van der Waals surface area contributed by atoms with Crippen LogP contribution in [0.4, 0.5) is 10.5 Å². The van der Waals surface area contributed by atoms with Crippen molar-refractivity contribution < 1.29 is 13.7 Å². The maximum absolute atomic E-state index is 11.8. The van der Waals surface area contributed by atoms with Crippen molar-refractivity contribution >= 4 is 22.6 Å². The summed E-state index contributed by atoms with van der Waals surface area (Å²) in [5, 5.41) is 3.22. The lowest BCUT2D eigenvalue weighted by atomic mass is 10.2. The average Bonchev–Trinajstić information content (AvgIpc) is 2.36. The van der Waals surface area contributed by atoms with Crippen LogP contribution in [0.25, 0.3) is 0 Å². The number of hydrogen-bond acceptors (Lipinski definition) is 4. The van der Waals surface area contributed by atoms with E-state index >= 15 is 0 Å². The Morgan fingerprint density at radius 3 is 2.55 bits per heavy atom. The van der Waals surface area contributed by atoms with Crippen LogP contribution in [0.2, 0.25) is 0 Å². The van der Waals surface area contributed by atoms with Crippen LogP contribution < -0.4 is 5.32 Å². The Bertz CT molecular complexity index is 510. The van der Waals surface area contributed by atoms with E-state index in [0.29, 0.717) is 22.9 Å². The van der Waals surface area contributed by atoms with E-state index in [1.165, 1.54) is 6.20 Å². The monoisotopic (exact) mass is 298 g/mol. The standard InChI is InChI=1S/C14H22N2O3S/c1-6-10-8-12(20(18)7-2)15-9-11(10)16-13(17)19-14(3,4)5/h8-9H,6-7H2,1-5H3,(H,16,17). The highest BCUT2D eigenvalue weighted by atomic mass is 32.2. The summed E-state index contributed by atoms with van der Waals surface area (Å²) in [6, 6.07) is 1.77. The second-order valence-electron chi connectivity index (χ2n) is 5.29. The van der Waals surface area contributed by atoms with Gasteiger partial charge >= 0.3 is 6.09 Å². The minimum atomic E-state index is -1.09. The van der Waals surface area contributed by atoms with Gasteiger partial charge in [-0.25, -0.2) is 9.78 Å². The quantitative estimate of drug-likeness (QED) is 0.927. The molecule has 0 aliphatic carbocycles. The number of rotatable bonds is 4. The molecule has 5 nitrogen and oxygen atoms in total. The van der Waals surface area contributed by atoms with Crippen LogP contribution >= 0.6 is 0 Å². The molecule has 0 aromatic carbocycles. The van der Waals surface area contributed by atoms with Gasteiger partial charge in [0.1, 0.15) is 10.6 Å². The summed E-state index contributed by atoms with van der Waals surface area (Å²) >= 11 is 0. The lowest BCUT2D eigenvalue weighted by molar-refractivity contribution is 0.0635. The molecule has 0 radical (unpaired) electrons. The third kappa shape index (κ3) is 4.92. The summed E-state index contributed by atoms with van der Waals surface area (Å²) in [4.78, 5) is 15.9. The maximum Gasteiger partial charge on any atom is 0.412 e. The van der Waals surface area contributed by atoms with Crippen molar-refractivity contribution in [1.29, 1.82) is 0 Å². The Kier molecular flexibility index (Phi) is 5.68. The molecule has 1 N–H and O–H groups in total. The highest BCUT2D eigenvalue weighted by molar-refractivity contribution is 7.84. The Morgan fingerprint density at radius 1 is 1.40 bits per heavy atom. The first-order valence-corrected chi connectivity index (χ1v) is 7.96. The fraction of sp³-hybridized carbons (Fsp3) is 0.571. The molecule has 0 spiro atoms. The number of carbonyl (C=O) groups is 1. The first-order chi connectivity index (χ1) is 9.26. The fourth-order valence-corrected chi connectivity index (χ4v) is 2.31. The zero-order valence-corrected chi connectivity index (χ0v) is 13.5. The van der Waals surface area contributed by atoms with E-state index in [-0.39, 0.29) is 0 Å². The molecule has 0 fully saturated rings. The van der Waals surface area contributed by atoms with Gasteiger partial charge in [0, 0.05) is 5.75 Å². The van der Waals surface area contributed by atoms with Crippen LogP contribution in [0.15, 0.2) is 17.3 Å². The third-order valence-electron chi connectivity index (χ3n) is 2.48. The number of aromatic nitrogens is 1. The summed E-state index contributed by atoms with van der Waals surface area (Å²) < 4.78 is 16.9. The molecule has 1 unspecified atom stereocenters. The van der Waals surface area contributed by atoms with Crippen LogP contribution in [0.3, 0.4) is 0 Å². The highest BCUT2D eigenvalue weighted by Gasteiger charge is 2.17. The minimum absolute atomic E-state index is 0.515. The summed E-state index contributed by atoms with van der Waals surface area (Å²) in [6.07, 6.45) is 1.73. The molecule has 112 valence electrons. The molecule has 0 bridgehead atoms. The van der Waals surface area contributed by atoms with Crippen molar-refractivity contribution in [3.05, 3.63) is 17.8 Å². The van der Waals surface area contributed by atoms with Gasteiger partial charge in [-0.05, 0) is 38.8 Å². The molecule has 1 heterocycles. The molecule has 1 rings (SSSR count). The predicted molar refractivity (Wildman–Crippen MR) is 80.4 cm³/mol. The Labute approximate surface area is 122 Å². The zero-order chi connectivity index (χ0) is 15.3. The predicted octanol–water partition coefficient (Wildman–Crippen LogP) is 3.12. The van der Waals surface area contributed by atoms with Crippen LogP contribution in [0.1, 0.15) is 40.2 Å². The van der Waals surface area contributed by atoms with E-state index in [2.05, 4.69) is 10.3 Å². The first kappa shape index (κ1) is 16.6. The van der Waals surface area contributed by atoms with Gasteiger partial charge in [0.25, 0.3) is 0 Å². The summed E-state index contributed by atoms with van der Waals surface area (Å²) in [5.41, 5.74) is 0.939. The van der Waals surface area contributed by atoms with Gasteiger partial charge in [0.2, 0.25) is 0 Å². The van der Waals surface area contributed by atoms with Crippen LogP contribution in [-0.4, -0.2) is 26.6 Å². The second-order valence-corrected chi connectivity index (χ2v) is 6.98. The smallest absolute Gasteiger partial charge is 0.412 e. The lowest BCUT2D eigenvalue weighted by Gasteiger charge is -2.20. The third-order valence-corrected chi connectivity index (χ3v) is 3.69. The number of hydrogen-bond donors (Lipinski definition) is 1. The number of amides is 1. The SMILES string of the molecule is CCc1cc(S(=O)CC)ncc1NC(=O)OC(C)(C)C. The molecule has 1 aromatic rings. The largest absolute Gasteiger partial charge is 0.444 e.